The summed E-state index contributed by atoms with van der Waals surface area (Å²) in [6.07, 6.45) is 1.87. The fraction of sp³-hybridized carbons (Fsp3) is 0.286. The van der Waals surface area contributed by atoms with Gasteiger partial charge in [0, 0.05) is 5.56 Å². The van der Waals surface area contributed by atoms with E-state index in [1.807, 2.05) is 24.3 Å². The van der Waals surface area contributed by atoms with Crippen molar-refractivity contribution in [3.63, 3.8) is 0 Å². The number of hydrogen-bond donors (Lipinski definition) is 0. The molecule has 26 heavy (non-hydrogen) atoms. The van der Waals surface area contributed by atoms with Gasteiger partial charge in [-0.05, 0) is 47.2 Å². The number of hydrogen-bond acceptors (Lipinski definition) is 5. The van der Waals surface area contributed by atoms with Crippen LogP contribution in [-0.4, -0.2) is 33.9 Å². The summed E-state index contributed by atoms with van der Waals surface area (Å²) < 4.78 is 21.4. The minimum atomic E-state index is -0.465. The van der Waals surface area contributed by atoms with E-state index in [1.54, 1.807) is 14.2 Å². The predicted molar refractivity (Wildman–Crippen MR) is 99.8 cm³/mol. The zero-order valence-corrected chi connectivity index (χ0v) is 15.3. The summed E-state index contributed by atoms with van der Waals surface area (Å²) in [5.74, 6) is 0.979. The van der Waals surface area contributed by atoms with Gasteiger partial charge in [-0.25, -0.2) is 4.79 Å². The van der Waals surface area contributed by atoms with Crippen LogP contribution in [0.25, 0.3) is 16.7 Å². The van der Waals surface area contributed by atoms with Gasteiger partial charge in [0.05, 0.1) is 21.3 Å². The number of carbonyl (C=O) groups is 1. The second kappa shape index (κ2) is 7.52. The molecule has 0 amide bonds. The van der Waals surface area contributed by atoms with E-state index in [4.69, 9.17) is 14.2 Å². The first-order valence-corrected chi connectivity index (χ1v) is 8.35. The zero-order valence-electron chi connectivity index (χ0n) is 15.3. The van der Waals surface area contributed by atoms with Gasteiger partial charge in [0.15, 0.2) is 18.1 Å². The highest BCUT2D eigenvalue weighted by Gasteiger charge is 2.24. The third-order valence-corrected chi connectivity index (χ3v) is 4.59. The topological polar surface area (TPSA) is 54.0 Å². The van der Waals surface area contributed by atoms with E-state index in [2.05, 4.69) is 17.4 Å². The molecule has 136 valence electrons. The van der Waals surface area contributed by atoms with Crippen LogP contribution in [0.1, 0.15) is 17.5 Å². The molecule has 3 rings (SSSR count). The predicted octanol–water partition coefficient (Wildman–Crippen LogP) is 3.88. The van der Waals surface area contributed by atoms with Crippen LogP contribution in [0.3, 0.4) is 0 Å². The molecule has 2 aromatic rings. The van der Waals surface area contributed by atoms with Crippen molar-refractivity contribution in [1.29, 1.82) is 0 Å². The van der Waals surface area contributed by atoms with Gasteiger partial charge in [0.25, 0.3) is 0 Å². The van der Waals surface area contributed by atoms with Gasteiger partial charge in [-0.3, -0.25) is 0 Å². The van der Waals surface area contributed by atoms with Crippen LogP contribution in [0.2, 0.25) is 0 Å². The summed E-state index contributed by atoms with van der Waals surface area (Å²) >= 11 is 0. The number of methoxy groups -OCH3 is 3. The molecule has 0 fully saturated rings. The highest BCUT2D eigenvalue weighted by Crippen LogP contribution is 2.47. The summed E-state index contributed by atoms with van der Waals surface area (Å²) in [5.41, 5.74) is 5.43. The SMILES string of the molecule is C=C1CCc2c1cccc2-c1ccc(OC)c(OC)c1OCC(=O)OC. The lowest BCUT2D eigenvalue weighted by molar-refractivity contribution is -0.142. The first kappa shape index (κ1) is 17.9. The van der Waals surface area contributed by atoms with Crippen molar-refractivity contribution in [3.05, 3.63) is 48.0 Å². The largest absolute Gasteiger partial charge is 0.493 e. The maximum Gasteiger partial charge on any atom is 0.343 e. The molecule has 1 aliphatic carbocycles. The van der Waals surface area contributed by atoms with Crippen LogP contribution < -0.4 is 14.2 Å². The molecule has 2 aromatic carbocycles. The van der Waals surface area contributed by atoms with Gasteiger partial charge in [0.2, 0.25) is 5.75 Å². The Hall–Kier alpha value is -2.95. The van der Waals surface area contributed by atoms with Crippen molar-refractivity contribution in [2.45, 2.75) is 12.8 Å². The van der Waals surface area contributed by atoms with Crippen molar-refractivity contribution in [2.75, 3.05) is 27.9 Å². The monoisotopic (exact) mass is 354 g/mol. The van der Waals surface area contributed by atoms with Gasteiger partial charge < -0.3 is 18.9 Å². The summed E-state index contributed by atoms with van der Waals surface area (Å²) in [6.45, 7) is 3.93. The van der Waals surface area contributed by atoms with E-state index in [-0.39, 0.29) is 6.61 Å². The molecule has 0 unspecified atom stereocenters. The van der Waals surface area contributed by atoms with Gasteiger partial charge in [-0.2, -0.15) is 0 Å². The second-order valence-corrected chi connectivity index (χ2v) is 5.98. The Morgan fingerprint density at radius 3 is 2.42 bits per heavy atom. The highest BCUT2D eigenvalue weighted by atomic mass is 16.6. The average Bonchev–Trinajstić information content (AvgIpc) is 3.06. The Bertz CT molecular complexity index is 854. The van der Waals surface area contributed by atoms with E-state index in [0.29, 0.717) is 17.2 Å². The molecule has 0 aromatic heterocycles. The first-order valence-electron chi connectivity index (χ1n) is 8.35. The number of ether oxygens (including phenoxy) is 4. The molecular weight excluding hydrogens is 332 g/mol. The molecule has 0 saturated carbocycles. The minimum absolute atomic E-state index is 0.214. The summed E-state index contributed by atoms with van der Waals surface area (Å²) in [7, 11) is 4.43. The quantitative estimate of drug-likeness (QED) is 0.737. The van der Waals surface area contributed by atoms with E-state index in [1.165, 1.54) is 18.2 Å². The van der Waals surface area contributed by atoms with Gasteiger partial charge in [0.1, 0.15) is 0 Å². The van der Waals surface area contributed by atoms with Crippen LogP contribution in [0.15, 0.2) is 36.9 Å². The molecule has 1 aliphatic rings. The summed E-state index contributed by atoms with van der Waals surface area (Å²) in [6, 6.07) is 9.89. The summed E-state index contributed by atoms with van der Waals surface area (Å²) in [5, 5.41) is 0. The lowest BCUT2D eigenvalue weighted by Crippen LogP contribution is -2.13. The molecule has 0 heterocycles. The Morgan fingerprint density at radius 2 is 1.73 bits per heavy atom. The van der Waals surface area contributed by atoms with Crippen LogP contribution in [0, 0.1) is 0 Å². The number of carbonyl (C=O) groups excluding carboxylic acids is 1. The average molecular weight is 354 g/mol. The smallest absolute Gasteiger partial charge is 0.343 e. The van der Waals surface area contributed by atoms with E-state index >= 15 is 0 Å². The van der Waals surface area contributed by atoms with Crippen molar-refractivity contribution < 1.29 is 23.7 Å². The molecule has 0 N–H and O–H groups in total. The van der Waals surface area contributed by atoms with Gasteiger partial charge >= 0.3 is 5.97 Å². The van der Waals surface area contributed by atoms with Crippen molar-refractivity contribution in [1.82, 2.24) is 0 Å². The van der Waals surface area contributed by atoms with Crippen molar-refractivity contribution in [2.24, 2.45) is 0 Å². The minimum Gasteiger partial charge on any atom is -0.493 e. The summed E-state index contributed by atoms with van der Waals surface area (Å²) in [4.78, 5) is 11.6. The lowest BCUT2D eigenvalue weighted by atomic mass is 9.95. The maximum absolute atomic E-state index is 11.6. The number of esters is 1. The molecule has 0 saturated heterocycles. The fourth-order valence-corrected chi connectivity index (χ4v) is 3.29. The lowest BCUT2D eigenvalue weighted by Gasteiger charge is -2.19. The Kier molecular flexibility index (Phi) is 5.16. The van der Waals surface area contributed by atoms with Gasteiger partial charge in [-0.1, -0.05) is 24.8 Å². The van der Waals surface area contributed by atoms with E-state index in [9.17, 15) is 4.79 Å². The fourth-order valence-electron chi connectivity index (χ4n) is 3.29. The Labute approximate surface area is 153 Å². The van der Waals surface area contributed by atoms with Crippen molar-refractivity contribution in [3.8, 4) is 28.4 Å². The van der Waals surface area contributed by atoms with E-state index in [0.717, 1.165) is 29.5 Å². The molecule has 5 nitrogen and oxygen atoms in total. The normalized spacial score (nSPS) is 12.5. The maximum atomic E-state index is 11.6. The van der Waals surface area contributed by atoms with E-state index < -0.39 is 5.97 Å². The van der Waals surface area contributed by atoms with Crippen LogP contribution in [0.5, 0.6) is 17.2 Å². The third-order valence-electron chi connectivity index (χ3n) is 4.59. The third kappa shape index (κ3) is 3.12. The molecule has 0 radical (unpaired) electrons. The van der Waals surface area contributed by atoms with Crippen LogP contribution in [0.4, 0.5) is 0 Å². The number of fused-ring (bicyclic) bond motifs is 1. The van der Waals surface area contributed by atoms with Crippen LogP contribution >= 0.6 is 0 Å². The molecule has 0 aliphatic heterocycles. The number of allylic oxidation sites excluding steroid dienone is 1. The Morgan fingerprint density at radius 1 is 0.962 bits per heavy atom. The number of benzene rings is 2. The second-order valence-electron chi connectivity index (χ2n) is 5.98. The highest BCUT2D eigenvalue weighted by molar-refractivity contribution is 5.85. The Balaban J connectivity index is 2.15. The first-order chi connectivity index (χ1) is 12.6. The van der Waals surface area contributed by atoms with Crippen LogP contribution in [-0.2, 0) is 16.0 Å². The molecule has 0 spiro atoms. The van der Waals surface area contributed by atoms with Crippen molar-refractivity contribution >= 4 is 11.5 Å². The number of rotatable bonds is 6. The molecule has 0 bridgehead atoms. The molecule has 5 heteroatoms. The standard InChI is InChI=1S/C21H22O5/c1-13-8-9-16-14(13)6-5-7-15(16)17-10-11-18(23-2)21(25-4)20(17)26-12-19(22)24-3/h5-7,10-11H,1,8-9,12H2,2-4H3. The molecule has 0 atom stereocenters. The van der Waals surface area contributed by atoms with Gasteiger partial charge in [-0.15, -0.1) is 0 Å². The zero-order chi connectivity index (χ0) is 18.7. The molecular formula is C21H22O5.